The van der Waals surface area contributed by atoms with Gasteiger partial charge >= 0.3 is 0 Å². The number of imide groups is 1. The topological polar surface area (TPSA) is 161 Å². The lowest BCUT2D eigenvalue weighted by atomic mass is 9.92. The minimum atomic E-state index is -0.605. The van der Waals surface area contributed by atoms with Gasteiger partial charge in [-0.1, -0.05) is 23.7 Å². The first-order valence-corrected chi connectivity index (χ1v) is 19.5. The number of nitrogens with one attached hydrogen (secondary N) is 2. The molecular formula is C41H43ClN8O5. The number of benzene rings is 2. The number of anilines is 1. The van der Waals surface area contributed by atoms with Crippen LogP contribution in [0.2, 0.25) is 5.02 Å². The van der Waals surface area contributed by atoms with E-state index in [1.54, 1.807) is 29.2 Å². The number of hydrogen-bond donors (Lipinski definition) is 2. The predicted molar refractivity (Wildman–Crippen MR) is 204 cm³/mol. The molecule has 3 aromatic rings. The van der Waals surface area contributed by atoms with Gasteiger partial charge in [0, 0.05) is 63.4 Å². The van der Waals surface area contributed by atoms with Gasteiger partial charge in [-0.25, -0.2) is 0 Å². The molecule has 5 aliphatic rings. The van der Waals surface area contributed by atoms with Gasteiger partial charge in [0.15, 0.2) is 11.5 Å². The SMILES string of the molecule is N#Cc1ccc(OC2CCC(NC(=O)c3ccc(N4CCC(CN5CC(=Cc6ccc7c(c6)CN(C6CCC(=O)NC6=O)C7=O)C5)CC4)nn3)CC2)cc1Cl. The van der Waals surface area contributed by atoms with E-state index in [9.17, 15) is 19.2 Å². The summed E-state index contributed by atoms with van der Waals surface area (Å²) in [5.74, 6) is 0.995. The molecule has 4 amide bonds. The van der Waals surface area contributed by atoms with Crippen molar-refractivity contribution >= 4 is 47.1 Å². The van der Waals surface area contributed by atoms with Crippen LogP contribution in [0.4, 0.5) is 5.82 Å². The van der Waals surface area contributed by atoms with Crippen LogP contribution in [0.5, 0.6) is 5.75 Å². The highest BCUT2D eigenvalue weighted by atomic mass is 35.5. The lowest BCUT2D eigenvalue weighted by Crippen LogP contribution is -2.52. The average Bonchev–Trinajstić information content (AvgIpc) is 3.49. The maximum absolute atomic E-state index is 13.0. The highest BCUT2D eigenvalue weighted by Gasteiger charge is 2.39. The molecule has 13 nitrogen and oxygen atoms in total. The Hall–Kier alpha value is -5.32. The van der Waals surface area contributed by atoms with E-state index < -0.39 is 11.9 Å². The van der Waals surface area contributed by atoms with Crippen molar-refractivity contribution in [2.24, 2.45) is 5.92 Å². The molecular weight excluding hydrogens is 720 g/mol. The molecule has 4 fully saturated rings. The molecule has 0 bridgehead atoms. The number of aromatic nitrogens is 2. The third-order valence-corrected chi connectivity index (χ3v) is 11.8. The normalized spacial score (nSPS) is 23.1. The number of carbonyl (C=O) groups is 4. The Balaban J connectivity index is 0.744. The van der Waals surface area contributed by atoms with Crippen LogP contribution in [0, 0.1) is 17.2 Å². The number of amides is 4. The minimum Gasteiger partial charge on any atom is -0.490 e. The number of hydrogen-bond acceptors (Lipinski definition) is 10. The van der Waals surface area contributed by atoms with Crippen LogP contribution >= 0.6 is 11.6 Å². The van der Waals surface area contributed by atoms with Gasteiger partial charge in [-0.05, 0) is 104 Å². The molecule has 55 heavy (non-hydrogen) atoms. The van der Waals surface area contributed by atoms with Gasteiger partial charge in [-0.15, -0.1) is 10.2 Å². The van der Waals surface area contributed by atoms with Gasteiger partial charge in [0.25, 0.3) is 11.8 Å². The van der Waals surface area contributed by atoms with E-state index in [-0.39, 0.29) is 36.3 Å². The van der Waals surface area contributed by atoms with E-state index in [4.69, 9.17) is 21.6 Å². The van der Waals surface area contributed by atoms with Crippen LogP contribution in [0.25, 0.3) is 6.08 Å². The number of fused-ring (bicyclic) bond motifs is 1. The second-order valence-corrected chi connectivity index (χ2v) is 15.7. The lowest BCUT2D eigenvalue weighted by molar-refractivity contribution is -0.136. The maximum Gasteiger partial charge on any atom is 0.272 e. The Morgan fingerprint density at radius 1 is 0.964 bits per heavy atom. The Bertz CT molecular complexity index is 2060. The number of piperidine rings is 2. The van der Waals surface area contributed by atoms with Crippen LogP contribution in [-0.2, 0) is 16.1 Å². The van der Waals surface area contributed by atoms with Gasteiger partial charge < -0.3 is 19.9 Å². The summed E-state index contributed by atoms with van der Waals surface area (Å²) < 4.78 is 6.08. The molecule has 1 atom stereocenters. The number of carbonyl (C=O) groups excluding carboxylic acids is 4. The highest BCUT2D eigenvalue weighted by molar-refractivity contribution is 6.31. The molecule has 2 N–H and O–H groups in total. The highest BCUT2D eigenvalue weighted by Crippen LogP contribution is 2.31. The van der Waals surface area contributed by atoms with Gasteiger partial charge in [0.05, 0.1) is 16.7 Å². The minimum absolute atomic E-state index is 0.0285. The molecule has 8 rings (SSSR count). The molecule has 0 spiro atoms. The summed E-state index contributed by atoms with van der Waals surface area (Å²) in [6.45, 7) is 5.07. The molecule has 1 aliphatic carbocycles. The zero-order valence-corrected chi connectivity index (χ0v) is 31.3. The van der Waals surface area contributed by atoms with Crippen molar-refractivity contribution in [2.75, 3.05) is 37.6 Å². The van der Waals surface area contributed by atoms with Crippen molar-refractivity contribution in [3.63, 3.8) is 0 Å². The molecule has 4 aliphatic heterocycles. The Labute approximate surface area is 324 Å². The fraction of sp³-hybridized carbons (Fsp3) is 0.439. The van der Waals surface area contributed by atoms with Crippen LogP contribution in [0.15, 0.2) is 54.1 Å². The largest absolute Gasteiger partial charge is 0.490 e. The van der Waals surface area contributed by atoms with Crippen molar-refractivity contribution < 1.29 is 23.9 Å². The summed E-state index contributed by atoms with van der Waals surface area (Å²) in [7, 11) is 0. The quantitative estimate of drug-likeness (QED) is 0.297. The molecule has 1 aromatic heterocycles. The van der Waals surface area contributed by atoms with Crippen LogP contribution in [0.1, 0.15) is 88.9 Å². The zero-order valence-electron chi connectivity index (χ0n) is 30.5. The second-order valence-electron chi connectivity index (χ2n) is 15.3. The Morgan fingerprint density at radius 2 is 1.76 bits per heavy atom. The number of rotatable bonds is 9. The maximum atomic E-state index is 13.0. The summed E-state index contributed by atoms with van der Waals surface area (Å²) in [5, 5.41) is 23.6. The van der Waals surface area contributed by atoms with Crippen molar-refractivity contribution in [1.82, 2.24) is 30.6 Å². The predicted octanol–water partition coefficient (Wildman–Crippen LogP) is 4.50. The van der Waals surface area contributed by atoms with Gasteiger partial charge in [0.2, 0.25) is 11.8 Å². The summed E-state index contributed by atoms with van der Waals surface area (Å²) in [6, 6.07) is 16.1. The average molecular weight is 763 g/mol. The first-order valence-electron chi connectivity index (χ1n) is 19.1. The molecule has 3 saturated heterocycles. The lowest BCUT2D eigenvalue weighted by Gasteiger charge is -2.40. The smallest absolute Gasteiger partial charge is 0.272 e. The fourth-order valence-electron chi connectivity index (χ4n) is 8.43. The Kier molecular flexibility index (Phi) is 10.5. The van der Waals surface area contributed by atoms with Crippen molar-refractivity contribution in [3.8, 4) is 11.8 Å². The van der Waals surface area contributed by atoms with E-state index in [0.717, 1.165) is 88.2 Å². The molecule has 14 heteroatoms. The number of ether oxygens (including phenoxy) is 1. The van der Waals surface area contributed by atoms with E-state index in [1.165, 1.54) is 5.57 Å². The molecule has 1 unspecified atom stereocenters. The number of nitriles is 1. The zero-order chi connectivity index (χ0) is 38.1. The molecule has 0 radical (unpaired) electrons. The van der Waals surface area contributed by atoms with E-state index >= 15 is 0 Å². The van der Waals surface area contributed by atoms with Gasteiger partial charge in [-0.3, -0.25) is 29.4 Å². The summed E-state index contributed by atoms with van der Waals surface area (Å²) in [5.41, 5.74) is 4.70. The first kappa shape index (κ1) is 36.6. The summed E-state index contributed by atoms with van der Waals surface area (Å²) >= 11 is 6.14. The number of likely N-dealkylation sites (tertiary alicyclic amines) is 1. The second kappa shape index (κ2) is 15.8. The van der Waals surface area contributed by atoms with Crippen molar-refractivity contribution in [3.05, 3.63) is 87.1 Å². The third-order valence-electron chi connectivity index (χ3n) is 11.5. The van der Waals surface area contributed by atoms with Crippen LogP contribution in [0.3, 0.4) is 0 Å². The summed E-state index contributed by atoms with van der Waals surface area (Å²) in [4.78, 5) is 56.2. The number of nitrogens with zero attached hydrogens (tertiary/aromatic N) is 6. The standard InChI is InChI=1S/C41H43ClN8O5/c42-34-19-32(5-2-28(34)20-43)55-31-6-3-30(4-7-31)44-39(52)35-9-11-37(47-46-35)49-15-13-25(14-16-49)21-48-22-27(23-48)17-26-1-8-33-29(18-26)24-50(41(33)54)36-10-12-38(51)45-40(36)53/h1-2,5,8-9,11,17-19,25,30-31,36H,3-4,6-7,10,12-16,21-24H2,(H,44,52)(H,45,51,53). The van der Waals surface area contributed by atoms with E-state index in [2.05, 4.69) is 42.8 Å². The Morgan fingerprint density at radius 3 is 2.47 bits per heavy atom. The van der Waals surface area contributed by atoms with Crippen molar-refractivity contribution in [2.45, 2.75) is 76.1 Å². The van der Waals surface area contributed by atoms with Crippen LogP contribution < -0.4 is 20.3 Å². The van der Waals surface area contributed by atoms with Crippen LogP contribution in [-0.4, -0.2) is 94.5 Å². The summed E-state index contributed by atoms with van der Waals surface area (Å²) in [6.07, 6.45) is 8.15. The van der Waals surface area contributed by atoms with E-state index in [1.807, 2.05) is 24.3 Å². The van der Waals surface area contributed by atoms with Crippen molar-refractivity contribution in [1.29, 1.82) is 5.26 Å². The monoisotopic (exact) mass is 762 g/mol. The number of halogens is 1. The molecule has 2 aromatic carbocycles. The van der Waals surface area contributed by atoms with E-state index in [0.29, 0.717) is 46.5 Å². The van der Waals surface area contributed by atoms with Gasteiger partial charge in [0.1, 0.15) is 17.9 Å². The molecule has 284 valence electrons. The fourth-order valence-corrected chi connectivity index (χ4v) is 8.64. The first-order chi connectivity index (χ1) is 26.7. The molecule has 5 heterocycles. The third kappa shape index (κ3) is 8.21. The molecule has 1 saturated carbocycles. The van der Waals surface area contributed by atoms with Gasteiger partial charge in [-0.2, -0.15) is 5.26 Å².